The first-order valence-electron chi connectivity index (χ1n) is 4.53. The molecule has 0 atom stereocenters. The highest BCUT2D eigenvalue weighted by Crippen LogP contribution is 2.19. The Morgan fingerprint density at radius 1 is 1.64 bits per heavy atom. The first-order chi connectivity index (χ1) is 6.75. The maximum absolute atomic E-state index is 8.40. The Labute approximate surface area is 84.0 Å². The van der Waals surface area contributed by atoms with Gasteiger partial charge in [-0.3, -0.25) is 4.98 Å². The van der Waals surface area contributed by atoms with Gasteiger partial charge in [-0.1, -0.05) is 0 Å². The van der Waals surface area contributed by atoms with Crippen LogP contribution < -0.4 is 10.6 Å². The summed E-state index contributed by atoms with van der Waals surface area (Å²) in [5.41, 5.74) is 7.40. The van der Waals surface area contributed by atoms with E-state index in [4.69, 9.17) is 11.0 Å². The SMILES string of the molecule is CN(CCCC#N)c1ccncc1N. The summed E-state index contributed by atoms with van der Waals surface area (Å²) in [6, 6.07) is 4.00. The number of pyridine rings is 1. The second kappa shape index (κ2) is 5.07. The molecule has 0 aliphatic rings. The lowest BCUT2D eigenvalue weighted by Crippen LogP contribution is -2.19. The van der Waals surface area contributed by atoms with Gasteiger partial charge in [0.2, 0.25) is 0 Å². The fraction of sp³-hybridized carbons (Fsp3) is 0.400. The molecule has 74 valence electrons. The lowest BCUT2D eigenvalue weighted by atomic mass is 10.2. The van der Waals surface area contributed by atoms with Gasteiger partial charge in [-0.2, -0.15) is 5.26 Å². The molecule has 0 radical (unpaired) electrons. The Hall–Kier alpha value is -1.76. The third kappa shape index (κ3) is 2.63. The molecule has 1 aromatic rings. The van der Waals surface area contributed by atoms with E-state index in [-0.39, 0.29) is 0 Å². The number of nitrogens with zero attached hydrogens (tertiary/aromatic N) is 3. The van der Waals surface area contributed by atoms with Crippen molar-refractivity contribution in [2.24, 2.45) is 0 Å². The zero-order valence-corrected chi connectivity index (χ0v) is 8.27. The molecule has 0 unspecified atom stereocenters. The van der Waals surface area contributed by atoms with Gasteiger partial charge >= 0.3 is 0 Å². The van der Waals surface area contributed by atoms with Gasteiger partial charge in [-0.05, 0) is 12.5 Å². The van der Waals surface area contributed by atoms with E-state index in [1.165, 1.54) is 0 Å². The molecule has 0 saturated carbocycles. The number of nitriles is 1. The molecule has 0 aliphatic carbocycles. The normalized spacial score (nSPS) is 9.43. The van der Waals surface area contributed by atoms with Crippen LogP contribution >= 0.6 is 0 Å². The minimum Gasteiger partial charge on any atom is -0.396 e. The summed E-state index contributed by atoms with van der Waals surface area (Å²) in [5.74, 6) is 0. The highest BCUT2D eigenvalue weighted by Gasteiger charge is 2.03. The molecule has 1 heterocycles. The molecule has 2 N–H and O–H groups in total. The summed E-state index contributed by atoms with van der Waals surface area (Å²) in [5, 5.41) is 8.40. The molecule has 0 bridgehead atoms. The fourth-order valence-corrected chi connectivity index (χ4v) is 1.26. The van der Waals surface area contributed by atoms with Crippen molar-refractivity contribution in [1.82, 2.24) is 4.98 Å². The van der Waals surface area contributed by atoms with E-state index in [2.05, 4.69) is 11.1 Å². The van der Waals surface area contributed by atoms with Gasteiger partial charge in [0.15, 0.2) is 0 Å². The number of nitrogen functional groups attached to an aromatic ring is 1. The fourth-order valence-electron chi connectivity index (χ4n) is 1.26. The van der Waals surface area contributed by atoms with Crippen LogP contribution in [0.5, 0.6) is 0 Å². The van der Waals surface area contributed by atoms with E-state index >= 15 is 0 Å². The summed E-state index contributed by atoms with van der Waals surface area (Å²) >= 11 is 0. The van der Waals surface area contributed by atoms with Crippen molar-refractivity contribution >= 4 is 11.4 Å². The Bertz CT molecular complexity index is 329. The monoisotopic (exact) mass is 190 g/mol. The van der Waals surface area contributed by atoms with Crippen LogP contribution in [0.3, 0.4) is 0 Å². The summed E-state index contributed by atoms with van der Waals surface area (Å²) in [6.07, 6.45) is 4.78. The summed E-state index contributed by atoms with van der Waals surface area (Å²) in [6.45, 7) is 0.835. The first-order valence-corrected chi connectivity index (χ1v) is 4.53. The van der Waals surface area contributed by atoms with Gasteiger partial charge in [0.25, 0.3) is 0 Å². The van der Waals surface area contributed by atoms with Gasteiger partial charge in [0.05, 0.1) is 23.6 Å². The van der Waals surface area contributed by atoms with Crippen molar-refractivity contribution in [2.75, 3.05) is 24.2 Å². The highest BCUT2D eigenvalue weighted by molar-refractivity contribution is 5.65. The second-order valence-corrected chi connectivity index (χ2v) is 3.12. The first kappa shape index (κ1) is 10.3. The van der Waals surface area contributed by atoms with Crippen LogP contribution in [-0.4, -0.2) is 18.6 Å². The average molecular weight is 190 g/mol. The minimum absolute atomic E-state index is 0.579. The van der Waals surface area contributed by atoms with Gasteiger partial charge in [0.1, 0.15) is 0 Å². The third-order valence-corrected chi connectivity index (χ3v) is 2.02. The average Bonchev–Trinajstić information content (AvgIpc) is 2.18. The molecule has 0 saturated heterocycles. The number of unbranched alkanes of at least 4 members (excludes halogenated alkanes) is 1. The van der Waals surface area contributed by atoms with Crippen molar-refractivity contribution in [3.05, 3.63) is 18.5 Å². The predicted molar refractivity (Wildman–Crippen MR) is 56.8 cm³/mol. The molecule has 0 fully saturated rings. The van der Waals surface area contributed by atoms with Crippen molar-refractivity contribution in [3.63, 3.8) is 0 Å². The van der Waals surface area contributed by atoms with Gasteiger partial charge in [0, 0.05) is 26.2 Å². The largest absolute Gasteiger partial charge is 0.396 e. The van der Waals surface area contributed by atoms with Crippen LogP contribution in [0.25, 0.3) is 0 Å². The number of nitrogens with two attached hydrogens (primary N) is 1. The Kier molecular flexibility index (Phi) is 3.74. The van der Waals surface area contributed by atoms with Crippen LogP contribution in [0.4, 0.5) is 11.4 Å². The van der Waals surface area contributed by atoms with Crippen molar-refractivity contribution < 1.29 is 0 Å². The van der Waals surface area contributed by atoms with Gasteiger partial charge in [-0.15, -0.1) is 0 Å². The Morgan fingerprint density at radius 3 is 3.07 bits per heavy atom. The Morgan fingerprint density at radius 2 is 2.43 bits per heavy atom. The molecular formula is C10H14N4. The zero-order chi connectivity index (χ0) is 10.4. The topological polar surface area (TPSA) is 65.9 Å². The standard InChI is InChI=1S/C10H14N4/c1-14(7-3-2-5-11)10-4-6-13-8-9(10)12/h4,6,8H,2-3,7,12H2,1H3. The lowest BCUT2D eigenvalue weighted by Gasteiger charge is -2.19. The maximum atomic E-state index is 8.40. The number of rotatable bonds is 4. The molecule has 0 aliphatic heterocycles. The molecule has 1 aromatic heterocycles. The lowest BCUT2D eigenvalue weighted by molar-refractivity contribution is 0.807. The van der Waals surface area contributed by atoms with E-state index in [0.717, 1.165) is 18.7 Å². The van der Waals surface area contributed by atoms with Crippen molar-refractivity contribution in [2.45, 2.75) is 12.8 Å². The molecule has 14 heavy (non-hydrogen) atoms. The van der Waals surface area contributed by atoms with Crippen LogP contribution in [0, 0.1) is 11.3 Å². The molecule has 4 heteroatoms. The predicted octanol–water partition coefficient (Wildman–Crippen LogP) is 1.40. The Balaban J connectivity index is 2.57. The van der Waals surface area contributed by atoms with Gasteiger partial charge < -0.3 is 10.6 Å². The van der Waals surface area contributed by atoms with Crippen LogP contribution in [0.15, 0.2) is 18.5 Å². The quantitative estimate of drug-likeness (QED) is 0.729. The third-order valence-electron chi connectivity index (χ3n) is 2.02. The molecule has 4 nitrogen and oxygen atoms in total. The summed E-state index contributed by atoms with van der Waals surface area (Å²) in [7, 11) is 1.96. The molecule has 0 amide bonds. The van der Waals surface area contributed by atoms with E-state index in [9.17, 15) is 0 Å². The van der Waals surface area contributed by atoms with Crippen molar-refractivity contribution in [1.29, 1.82) is 5.26 Å². The molecule has 0 spiro atoms. The summed E-state index contributed by atoms with van der Waals surface area (Å²) < 4.78 is 0. The van der Waals surface area contributed by atoms with Crippen LogP contribution in [-0.2, 0) is 0 Å². The number of aromatic nitrogens is 1. The summed E-state index contributed by atoms with van der Waals surface area (Å²) in [4.78, 5) is 5.96. The van der Waals surface area contributed by atoms with Gasteiger partial charge in [-0.25, -0.2) is 0 Å². The zero-order valence-electron chi connectivity index (χ0n) is 8.27. The molecular weight excluding hydrogens is 176 g/mol. The van der Waals surface area contributed by atoms with E-state index in [0.29, 0.717) is 12.1 Å². The van der Waals surface area contributed by atoms with E-state index < -0.39 is 0 Å². The molecule has 0 aromatic carbocycles. The number of anilines is 2. The number of hydrogen-bond donors (Lipinski definition) is 1. The molecule has 1 rings (SSSR count). The maximum Gasteiger partial charge on any atom is 0.0738 e. The minimum atomic E-state index is 0.579. The van der Waals surface area contributed by atoms with Crippen LogP contribution in [0.2, 0.25) is 0 Å². The highest BCUT2D eigenvalue weighted by atomic mass is 15.1. The smallest absolute Gasteiger partial charge is 0.0738 e. The number of hydrogen-bond acceptors (Lipinski definition) is 4. The van der Waals surface area contributed by atoms with E-state index in [1.807, 2.05) is 18.0 Å². The van der Waals surface area contributed by atoms with E-state index in [1.54, 1.807) is 12.4 Å². The second-order valence-electron chi connectivity index (χ2n) is 3.12. The van der Waals surface area contributed by atoms with Crippen molar-refractivity contribution in [3.8, 4) is 6.07 Å². The van der Waals surface area contributed by atoms with Crippen LogP contribution in [0.1, 0.15) is 12.8 Å².